The molecule has 1 aromatic heterocycles. The molecule has 7 unspecified atom stereocenters. The van der Waals surface area contributed by atoms with Crippen LogP contribution < -0.4 is 10.3 Å². The number of ketones is 1. The fraction of sp³-hybridized carbons (Fsp3) is 0.712. The van der Waals surface area contributed by atoms with Crippen molar-refractivity contribution in [2.24, 2.45) is 34.0 Å². The zero-order valence-electron chi connectivity index (χ0n) is 39.9. The predicted octanol–water partition coefficient (Wildman–Crippen LogP) is 7.97. The van der Waals surface area contributed by atoms with Crippen LogP contribution in [0.25, 0.3) is 10.9 Å². The van der Waals surface area contributed by atoms with E-state index in [1.165, 1.54) is 32.0 Å². The van der Waals surface area contributed by atoms with Gasteiger partial charge in [0.05, 0.1) is 23.1 Å². The van der Waals surface area contributed by atoms with Crippen molar-refractivity contribution < 1.29 is 42.9 Å². The number of aliphatic hydroxyl groups is 1. The molecule has 5 heterocycles. The third-order valence-corrected chi connectivity index (χ3v) is 19.8. The van der Waals surface area contributed by atoms with Crippen LogP contribution in [0, 0.1) is 39.8 Å². The molecule has 1 N–H and O–H groups in total. The number of thioether (sulfide) groups is 1. The Morgan fingerprint density at radius 3 is 2.38 bits per heavy atom. The Hall–Kier alpha value is -3.75. The van der Waals surface area contributed by atoms with Gasteiger partial charge in [0, 0.05) is 82.7 Å². The summed E-state index contributed by atoms with van der Waals surface area (Å²) >= 11 is 1.68. The Labute approximate surface area is 392 Å². The van der Waals surface area contributed by atoms with Crippen LogP contribution >= 0.6 is 11.8 Å². The summed E-state index contributed by atoms with van der Waals surface area (Å²) in [5.74, 6) is -2.94. The van der Waals surface area contributed by atoms with Crippen LogP contribution in [0.1, 0.15) is 141 Å². The zero-order chi connectivity index (χ0) is 47.2. The lowest BCUT2D eigenvalue weighted by molar-refractivity contribution is -0.215. The van der Waals surface area contributed by atoms with E-state index in [0.717, 1.165) is 25.7 Å². The number of fused-ring (bicyclic) bond motifs is 2. The lowest BCUT2D eigenvalue weighted by Crippen LogP contribution is -2.63. The number of benzene rings is 1. The number of nitrogens with zero attached hydrogens (tertiary/aromatic N) is 3. The van der Waals surface area contributed by atoms with Gasteiger partial charge in [0.2, 0.25) is 5.43 Å². The van der Waals surface area contributed by atoms with E-state index in [4.69, 9.17) is 14.2 Å². The number of anilines is 1. The van der Waals surface area contributed by atoms with E-state index in [9.17, 15) is 29.1 Å². The third-order valence-electron chi connectivity index (χ3n) is 18.5. The minimum absolute atomic E-state index is 0.0703. The van der Waals surface area contributed by atoms with Crippen molar-refractivity contribution in [3.05, 3.63) is 52.1 Å². The zero-order valence-corrected chi connectivity index (χ0v) is 40.8. The monoisotopic (exact) mass is 931 g/mol. The molecule has 3 saturated heterocycles. The maximum atomic E-state index is 16.1. The highest BCUT2D eigenvalue weighted by Gasteiger charge is 2.69. The molecule has 6 fully saturated rings. The van der Waals surface area contributed by atoms with E-state index >= 15 is 4.39 Å². The van der Waals surface area contributed by atoms with Gasteiger partial charge in [-0.25, -0.2) is 14.0 Å². The molecule has 1 aromatic carbocycles. The summed E-state index contributed by atoms with van der Waals surface area (Å²) in [5.41, 5.74) is -1.39. The van der Waals surface area contributed by atoms with Crippen LogP contribution in [-0.4, -0.2) is 106 Å². The van der Waals surface area contributed by atoms with Gasteiger partial charge in [0.15, 0.2) is 6.10 Å². The molecular formula is C52H70FN3O9S. The van der Waals surface area contributed by atoms with Gasteiger partial charge in [0.1, 0.15) is 29.4 Å². The molecule has 66 heavy (non-hydrogen) atoms. The molecule has 9 rings (SSSR count). The van der Waals surface area contributed by atoms with Gasteiger partial charge < -0.3 is 33.7 Å². The van der Waals surface area contributed by atoms with Crippen molar-refractivity contribution in [3.63, 3.8) is 0 Å². The summed E-state index contributed by atoms with van der Waals surface area (Å²) in [5, 5.41) is 10.6. The van der Waals surface area contributed by atoms with E-state index in [2.05, 4.69) is 39.3 Å². The fourth-order valence-electron chi connectivity index (χ4n) is 14.3. The Morgan fingerprint density at radius 1 is 1.00 bits per heavy atom. The molecule has 7 aliphatic rings. The van der Waals surface area contributed by atoms with Crippen molar-refractivity contribution in [3.8, 4) is 0 Å². The van der Waals surface area contributed by atoms with Crippen LogP contribution in [-0.2, 0) is 35.0 Å². The minimum atomic E-state index is -1.43. The topological polar surface area (TPSA) is 145 Å². The smallest absolute Gasteiger partial charge is 0.347 e. The third kappa shape index (κ3) is 7.75. The molecule has 2 aromatic rings. The number of aliphatic hydroxyl groups excluding tert-OH is 1. The second-order valence-electron chi connectivity index (χ2n) is 21.9. The SMILES string of the molecule is C=C[C@@]1(C)C[C@H](OC(=O)CSC2CC3CCC(C2)N3C)[C@@]2(C)C(C)CCC3(CCC(=O)C32)[C@H](C)[C@@H]1OC(=O)C(C)OC(=O)c1cn2c3c(c(N4CCC(O)CC4)c(F)cc3c1=O)CCC2C. The molecule has 4 bridgehead atoms. The highest BCUT2D eigenvalue weighted by Crippen LogP contribution is 2.68. The maximum absolute atomic E-state index is 16.1. The molecule has 3 saturated carbocycles. The van der Waals surface area contributed by atoms with Crippen LogP contribution in [0.4, 0.5) is 10.1 Å². The van der Waals surface area contributed by atoms with E-state index in [-0.39, 0.29) is 52.8 Å². The largest absolute Gasteiger partial charge is 0.461 e. The summed E-state index contributed by atoms with van der Waals surface area (Å²) in [7, 11) is 2.21. The quantitative estimate of drug-likeness (QED) is 0.140. The first-order valence-electron chi connectivity index (χ1n) is 24.7. The Morgan fingerprint density at radius 2 is 1.70 bits per heavy atom. The summed E-state index contributed by atoms with van der Waals surface area (Å²) < 4.78 is 36.9. The standard InChI is InChI=1S/C52H70FN3O9S/c1-9-50(6)25-41(64-42(59)27-66-35-22-32-11-12-33(23-35)54(32)8)51(7)28(2)14-18-52(19-15-40(58)46(51)52)30(4)47(50)65-48(61)31(5)63-49(62)38-26-56-29(3)10-13-36-43(56)37(45(38)60)24-39(53)44(36)55-20-16-34(57)17-21-55/h9,24,26,28-35,41,46-47,57H,1,10-23,25,27H2,2-8H3/t28?,29?,30-,31?,32?,33?,35?,41+,46?,47+,50+,51-,52?/m1/s1. The maximum Gasteiger partial charge on any atom is 0.347 e. The van der Waals surface area contributed by atoms with Gasteiger partial charge in [0.25, 0.3) is 0 Å². The van der Waals surface area contributed by atoms with Crippen molar-refractivity contribution in [2.75, 3.05) is 30.8 Å². The number of halogens is 1. The number of ether oxygens (including phenoxy) is 3. The van der Waals surface area contributed by atoms with Gasteiger partial charge >= 0.3 is 17.9 Å². The first-order valence-corrected chi connectivity index (χ1v) is 25.8. The number of Topliss-reactive ketones (excluding diaryl/α,β-unsaturated/α-hetero) is 1. The lowest BCUT2D eigenvalue weighted by Gasteiger charge is -2.62. The normalized spacial score (nSPS) is 37.1. The summed E-state index contributed by atoms with van der Waals surface area (Å²) in [6, 6.07) is 2.21. The van der Waals surface area contributed by atoms with Gasteiger partial charge in [-0.3, -0.25) is 14.4 Å². The lowest BCUT2D eigenvalue weighted by atomic mass is 9.44. The molecule has 3 aliphatic carbocycles. The average molecular weight is 932 g/mol. The van der Waals surface area contributed by atoms with Gasteiger partial charge in [-0.2, -0.15) is 0 Å². The summed E-state index contributed by atoms with van der Waals surface area (Å²) in [4.78, 5) is 75.3. The van der Waals surface area contributed by atoms with Crippen molar-refractivity contribution in [2.45, 2.75) is 173 Å². The molecule has 360 valence electrons. The number of rotatable bonds is 10. The molecule has 12 nitrogen and oxygen atoms in total. The van der Waals surface area contributed by atoms with E-state index in [0.29, 0.717) is 85.7 Å². The molecule has 12 atom stereocenters. The van der Waals surface area contributed by atoms with Crippen molar-refractivity contribution >= 4 is 52.0 Å². The Balaban J connectivity index is 0.969. The molecule has 0 spiro atoms. The highest BCUT2D eigenvalue weighted by atomic mass is 32.2. The predicted molar refractivity (Wildman–Crippen MR) is 252 cm³/mol. The number of hydrogen-bond donors (Lipinski definition) is 1. The summed E-state index contributed by atoms with van der Waals surface area (Å²) in [6.07, 6.45) is 9.54. The van der Waals surface area contributed by atoms with Gasteiger partial charge in [-0.05, 0) is 115 Å². The first-order chi connectivity index (χ1) is 31.3. The summed E-state index contributed by atoms with van der Waals surface area (Å²) in [6.45, 7) is 17.0. The second-order valence-corrected chi connectivity index (χ2v) is 23.2. The molecule has 14 heteroatoms. The first kappa shape index (κ1) is 47.3. The number of carbonyl (C=O) groups excluding carboxylic acids is 4. The van der Waals surface area contributed by atoms with Crippen molar-refractivity contribution in [1.29, 1.82) is 0 Å². The van der Waals surface area contributed by atoms with Crippen LogP contribution in [0.5, 0.6) is 0 Å². The molecule has 0 amide bonds. The fourth-order valence-corrected chi connectivity index (χ4v) is 15.5. The Kier molecular flexibility index (Phi) is 12.7. The van der Waals surface area contributed by atoms with Gasteiger partial charge in [-0.15, -0.1) is 18.3 Å². The van der Waals surface area contributed by atoms with E-state index in [1.807, 2.05) is 23.3 Å². The van der Waals surface area contributed by atoms with Gasteiger partial charge in [-0.1, -0.05) is 33.8 Å². The number of aromatic nitrogens is 1. The highest BCUT2D eigenvalue weighted by molar-refractivity contribution is 8.00. The second kappa shape index (κ2) is 17.6. The number of piperidine rings is 2. The number of pyridine rings is 1. The minimum Gasteiger partial charge on any atom is -0.461 e. The average Bonchev–Trinajstić information content (AvgIpc) is 3.72. The molecular weight excluding hydrogens is 862 g/mol. The number of aryl methyl sites for hydroxylation is 1. The van der Waals surface area contributed by atoms with E-state index in [1.54, 1.807) is 17.8 Å². The van der Waals surface area contributed by atoms with Crippen LogP contribution in [0.3, 0.4) is 0 Å². The molecule has 0 radical (unpaired) electrons. The van der Waals surface area contributed by atoms with E-state index < -0.39 is 69.8 Å². The Bertz CT molecular complexity index is 2350. The number of carbonyl (C=O) groups is 4. The van der Waals surface area contributed by atoms with Crippen LogP contribution in [0.2, 0.25) is 0 Å². The number of hydrogen-bond acceptors (Lipinski definition) is 12. The molecule has 4 aliphatic heterocycles. The van der Waals surface area contributed by atoms with Crippen molar-refractivity contribution in [1.82, 2.24) is 9.47 Å². The number of esters is 3. The van der Waals surface area contributed by atoms with Crippen LogP contribution in [0.15, 0.2) is 29.7 Å².